The molecule has 52 valence electrons. The highest BCUT2D eigenvalue weighted by atomic mass is 16.5. The fraction of sp³-hybridized carbons (Fsp3) is 0.857. The molecule has 0 aromatic carbocycles. The summed E-state index contributed by atoms with van der Waals surface area (Å²) in [4.78, 5) is 4.21. The van der Waals surface area contributed by atoms with E-state index in [1.54, 1.807) is 0 Å². The number of aliphatic imine (C=N–C) groups is 1. The van der Waals surface area contributed by atoms with Gasteiger partial charge in [0.25, 0.3) is 0 Å². The van der Waals surface area contributed by atoms with Gasteiger partial charge in [0.05, 0.1) is 6.61 Å². The lowest BCUT2D eigenvalue weighted by Crippen LogP contribution is -2.09. The van der Waals surface area contributed by atoms with E-state index in [1.807, 2.05) is 6.92 Å². The molecular formula is C7H13NO. The summed E-state index contributed by atoms with van der Waals surface area (Å²) in [6, 6.07) is 0. The third kappa shape index (κ3) is 2.04. The van der Waals surface area contributed by atoms with Crippen LogP contribution in [0, 0.1) is 0 Å². The highest BCUT2D eigenvalue weighted by Gasteiger charge is 2.03. The SMILES string of the molecule is CCOC1=NCCCC1. The second-order valence-corrected chi connectivity index (χ2v) is 2.17. The van der Waals surface area contributed by atoms with Crippen LogP contribution >= 0.6 is 0 Å². The summed E-state index contributed by atoms with van der Waals surface area (Å²) in [5.41, 5.74) is 0. The standard InChI is InChI=1S/C7H13NO/c1-2-9-7-5-3-4-6-8-7/h2-6H2,1H3. The average molecular weight is 127 g/mol. The molecule has 0 amide bonds. The predicted molar refractivity (Wildman–Crippen MR) is 37.8 cm³/mol. The normalized spacial score (nSPS) is 19.0. The van der Waals surface area contributed by atoms with Crippen LogP contribution in [0.15, 0.2) is 4.99 Å². The van der Waals surface area contributed by atoms with E-state index in [0.717, 1.165) is 25.5 Å². The topological polar surface area (TPSA) is 21.6 Å². The number of hydrogen-bond donors (Lipinski definition) is 0. The van der Waals surface area contributed by atoms with Gasteiger partial charge in [-0.05, 0) is 19.8 Å². The van der Waals surface area contributed by atoms with Gasteiger partial charge in [0, 0.05) is 13.0 Å². The minimum Gasteiger partial charge on any atom is -0.481 e. The van der Waals surface area contributed by atoms with Crippen molar-refractivity contribution in [2.45, 2.75) is 26.2 Å². The minimum atomic E-state index is 0.763. The van der Waals surface area contributed by atoms with Crippen LogP contribution in [0.5, 0.6) is 0 Å². The fourth-order valence-electron chi connectivity index (χ4n) is 0.955. The maximum absolute atomic E-state index is 5.23. The lowest BCUT2D eigenvalue weighted by Gasteiger charge is -2.10. The fourth-order valence-corrected chi connectivity index (χ4v) is 0.955. The van der Waals surface area contributed by atoms with Crippen LogP contribution in [0.2, 0.25) is 0 Å². The lowest BCUT2D eigenvalue weighted by atomic mass is 10.2. The molecule has 0 radical (unpaired) electrons. The molecule has 2 nitrogen and oxygen atoms in total. The van der Waals surface area contributed by atoms with E-state index < -0.39 is 0 Å². The van der Waals surface area contributed by atoms with Gasteiger partial charge in [-0.1, -0.05) is 0 Å². The Kier molecular flexibility index (Phi) is 2.55. The molecule has 0 saturated carbocycles. The van der Waals surface area contributed by atoms with Crippen LogP contribution in [0.3, 0.4) is 0 Å². The van der Waals surface area contributed by atoms with Crippen molar-refractivity contribution in [2.24, 2.45) is 4.99 Å². The molecule has 9 heavy (non-hydrogen) atoms. The number of hydrogen-bond acceptors (Lipinski definition) is 2. The molecule has 2 heteroatoms. The molecule has 0 aliphatic carbocycles. The molecule has 0 saturated heterocycles. The minimum absolute atomic E-state index is 0.763. The van der Waals surface area contributed by atoms with E-state index in [2.05, 4.69) is 4.99 Å². The largest absolute Gasteiger partial charge is 0.481 e. The number of nitrogens with zero attached hydrogens (tertiary/aromatic N) is 1. The molecular weight excluding hydrogens is 114 g/mol. The second kappa shape index (κ2) is 3.49. The van der Waals surface area contributed by atoms with Crippen molar-refractivity contribution in [1.82, 2.24) is 0 Å². The first-order valence-corrected chi connectivity index (χ1v) is 3.59. The summed E-state index contributed by atoms with van der Waals surface area (Å²) < 4.78 is 5.23. The first-order valence-electron chi connectivity index (χ1n) is 3.59. The van der Waals surface area contributed by atoms with Gasteiger partial charge in [0.15, 0.2) is 5.90 Å². The molecule has 1 rings (SSSR count). The van der Waals surface area contributed by atoms with Gasteiger partial charge in [-0.2, -0.15) is 0 Å². The molecule has 0 unspecified atom stereocenters. The third-order valence-electron chi connectivity index (χ3n) is 1.40. The van der Waals surface area contributed by atoms with Gasteiger partial charge in [-0.3, -0.25) is 4.99 Å². The highest BCUT2D eigenvalue weighted by Crippen LogP contribution is 2.05. The Morgan fingerprint density at radius 2 is 2.44 bits per heavy atom. The van der Waals surface area contributed by atoms with Crippen LogP contribution < -0.4 is 0 Å². The van der Waals surface area contributed by atoms with Crippen LogP contribution in [0.4, 0.5) is 0 Å². The molecule has 0 spiro atoms. The summed E-state index contributed by atoms with van der Waals surface area (Å²) in [5, 5.41) is 0. The van der Waals surface area contributed by atoms with Gasteiger partial charge < -0.3 is 4.74 Å². The van der Waals surface area contributed by atoms with Crippen molar-refractivity contribution in [3.63, 3.8) is 0 Å². The molecule has 0 bridgehead atoms. The van der Waals surface area contributed by atoms with Crippen LogP contribution in [0.1, 0.15) is 26.2 Å². The predicted octanol–water partition coefficient (Wildman–Crippen LogP) is 1.61. The first kappa shape index (κ1) is 6.59. The molecule has 0 atom stereocenters. The Hall–Kier alpha value is -0.530. The van der Waals surface area contributed by atoms with Crippen molar-refractivity contribution in [1.29, 1.82) is 0 Å². The molecule has 1 aliphatic rings. The first-order chi connectivity index (χ1) is 4.43. The zero-order valence-electron chi connectivity index (χ0n) is 5.89. The van der Waals surface area contributed by atoms with Crippen molar-refractivity contribution < 1.29 is 4.74 Å². The Bertz CT molecular complexity index is 109. The maximum Gasteiger partial charge on any atom is 0.183 e. The monoisotopic (exact) mass is 127 g/mol. The van der Waals surface area contributed by atoms with E-state index in [4.69, 9.17) is 4.74 Å². The van der Waals surface area contributed by atoms with E-state index in [-0.39, 0.29) is 0 Å². The molecule has 1 heterocycles. The van der Waals surface area contributed by atoms with E-state index in [0.29, 0.717) is 0 Å². The van der Waals surface area contributed by atoms with Gasteiger partial charge in [-0.15, -0.1) is 0 Å². The summed E-state index contributed by atoms with van der Waals surface area (Å²) in [5.74, 6) is 0.962. The maximum atomic E-state index is 5.23. The Labute approximate surface area is 55.9 Å². The lowest BCUT2D eigenvalue weighted by molar-refractivity contribution is 0.310. The van der Waals surface area contributed by atoms with E-state index in [9.17, 15) is 0 Å². The second-order valence-electron chi connectivity index (χ2n) is 2.17. The molecule has 0 fully saturated rings. The molecule has 0 aromatic heterocycles. The Morgan fingerprint density at radius 1 is 1.56 bits per heavy atom. The van der Waals surface area contributed by atoms with Gasteiger partial charge in [0.2, 0.25) is 0 Å². The summed E-state index contributed by atoms with van der Waals surface area (Å²) >= 11 is 0. The van der Waals surface area contributed by atoms with E-state index >= 15 is 0 Å². The summed E-state index contributed by atoms with van der Waals surface area (Å²) in [6.07, 6.45) is 3.53. The number of rotatable bonds is 1. The third-order valence-corrected chi connectivity index (χ3v) is 1.40. The summed E-state index contributed by atoms with van der Waals surface area (Å²) in [6.45, 7) is 3.73. The van der Waals surface area contributed by atoms with Gasteiger partial charge >= 0.3 is 0 Å². The highest BCUT2D eigenvalue weighted by molar-refractivity contribution is 5.76. The van der Waals surface area contributed by atoms with Crippen molar-refractivity contribution in [3.05, 3.63) is 0 Å². The quantitative estimate of drug-likeness (QED) is 0.524. The van der Waals surface area contributed by atoms with Crippen LogP contribution in [0.25, 0.3) is 0 Å². The van der Waals surface area contributed by atoms with Crippen molar-refractivity contribution in [2.75, 3.05) is 13.2 Å². The van der Waals surface area contributed by atoms with Crippen LogP contribution in [-0.4, -0.2) is 19.0 Å². The smallest absolute Gasteiger partial charge is 0.183 e. The van der Waals surface area contributed by atoms with Crippen molar-refractivity contribution >= 4 is 5.90 Å². The molecule has 0 N–H and O–H groups in total. The van der Waals surface area contributed by atoms with Gasteiger partial charge in [-0.25, -0.2) is 0 Å². The van der Waals surface area contributed by atoms with E-state index in [1.165, 1.54) is 12.8 Å². The Morgan fingerprint density at radius 3 is 3.00 bits per heavy atom. The molecule has 0 aromatic rings. The molecule has 1 aliphatic heterocycles. The number of ether oxygens (including phenoxy) is 1. The summed E-state index contributed by atoms with van der Waals surface area (Å²) in [7, 11) is 0. The zero-order valence-corrected chi connectivity index (χ0v) is 5.89. The van der Waals surface area contributed by atoms with Crippen LogP contribution in [-0.2, 0) is 4.74 Å². The van der Waals surface area contributed by atoms with Crippen molar-refractivity contribution in [3.8, 4) is 0 Å². The zero-order chi connectivity index (χ0) is 6.53. The van der Waals surface area contributed by atoms with Gasteiger partial charge in [0.1, 0.15) is 0 Å². The Balaban J connectivity index is 2.28. The average Bonchev–Trinajstić information content (AvgIpc) is 1.91.